The topological polar surface area (TPSA) is 15.3 Å². The Labute approximate surface area is 111 Å². The summed E-state index contributed by atoms with van der Waals surface area (Å²) in [5, 5.41) is 3.42. The van der Waals surface area contributed by atoms with Gasteiger partial charge in [-0.25, -0.2) is 8.78 Å². The minimum absolute atomic E-state index is 0.139. The van der Waals surface area contributed by atoms with Crippen molar-refractivity contribution in [3.8, 4) is 0 Å². The number of hydrogen-bond donors (Lipinski definition) is 1. The molecule has 1 aliphatic rings. The molecule has 1 unspecified atom stereocenters. The van der Waals surface area contributed by atoms with Crippen LogP contribution in [0.2, 0.25) is 5.02 Å². The van der Waals surface area contributed by atoms with Crippen molar-refractivity contribution in [2.75, 3.05) is 24.5 Å². The predicted molar refractivity (Wildman–Crippen MR) is 70.2 cm³/mol. The van der Waals surface area contributed by atoms with E-state index in [9.17, 15) is 8.78 Å². The van der Waals surface area contributed by atoms with E-state index in [-0.39, 0.29) is 11.1 Å². The molecule has 0 radical (unpaired) electrons. The van der Waals surface area contributed by atoms with Gasteiger partial charge in [0.2, 0.25) is 0 Å². The van der Waals surface area contributed by atoms with Gasteiger partial charge in [0.1, 0.15) is 5.82 Å². The minimum Gasteiger partial charge on any atom is -0.362 e. The van der Waals surface area contributed by atoms with Crippen molar-refractivity contribution in [3.05, 3.63) is 28.8 Å². The summed E-state index contributed by atoms with van der Waals surface area (Å²) in [6, 6.07) is 2.22. The molecule has 100 valence electrons. The Morgan fingerprint density at radius 3 is 2.72 bits per heavy atom. The number of rotatable bonds is 2. The molecule has 1 aromatic carbocycles. The standard InChI is InChI=1S/C13H17ClF2N2/c1-8(2)12-7-17-3-4-18(12)13-10(14)5-9(15)6-11(13)16/h5-6,8,12,17H,3-4,7H2,1-2H3. The highest BCUT2D eigenvalue weighted by molar-refractivity contribution is 6.33. The summed E-state index contributed by atoms with van der Waals surface area (Å²) in [5.74, 6) is -0.872. The van der Waals surface area contributed by atoms with Crippen LogP contribution < -0.4 is 10.2 Å². The van der Waals surface area contributed by atoms with E-state index in [0.717, 1.165) is 19.2 Å². The number of piperazine rings is 1. The SMILES string of the molecule is CC(C)C1CNCCN1c1c(F)cc(F)cc1Cl. The fourth-order valence-electron chi connectivity index (χ4n) is 2.41. The van der Waals surface area contributed by atoms with Crippen molar-refractivity contribution in [2.24, 2.45) is 5.92 Å². The first-order valence-corrected chi connectivity index (χ1v) is 6.50. The molecule has 1 heterocycles. The molecule has 0 spiro atoms. The van der Waals surface area contributed by atoms with Crippen LogP contribution in [-0.4, -0.2) is 25.7 Å². The molecule has 0 aliphatic carbocycles. The van der Waals surface area contributed by atoms with E-state index in [1.54, 1.807) is 0 Å². The third-order valence-electron chi connectivity index (χ3n) is 3.32. The maximum absolute atomic E-state index is 13.9. The summed E-state index contributed by atoms with van der Waals surface area (Å²) >= 11 is 6.00. The number of halogens is 3. The maximum atomic E-state index is 13.9. The lowest BCUT2D eigenvalue weighted by Gasteiger charge is -2.40. The van der Waals surface area contributed by atoms with Gasteiger partial charge < -0.3 is 10.2 Å². The van der Waals surface area contributed by atoms with Gasteiger partial charge in [0.15, 0.2) is 5.82 Å². The third-order valence-corrected chi connectivity index (χ3v) is 3.61. The van der Waals surface area contributed by atoms with Crippen molar-refractivity contribution >= 4 is 17.3 Å². The van der Waals surface area contributed by atoms with Crippen molar-refractivity contribution in [1.29, 1.82) is 0 Å². The van der Waals surface area contributed by atoms with Gasteiger partial charge in [-0.1, -0.05) is 25.4 Å². The highest BCUT2D eigenvalue weighted by atomic mass is 35.5. The van der Waals surface area contributed by atoms with Crippen LogP contribution in [0.25, 0.3) is 0 Å². The number of hydrogen-bond acceptors (Lipinski definition) is 2. The van der Waals surface area contributed by atoms with E-state index >= 15 is 0 Å². The average Bonchev–Trinajstić information content (AvgIpc) is 2.28. The smallest absolute Gasteiger partial charge is 0.150 e. The summed E-state index contributed by atoms with van der Waals surface area (Å²) in [6.07, 6.45) is 0. The van der Waals surface area contributed by atoms with Crippen molar-refractivity contribution < 1.29 is 8.78 Å². The Balaban J connectivity index is 2.39. The number of anilines is 1. The average molecular weight is 275 g/mol. The summed E-state index contributed by atoms with van der Waals surface area (Å²) < 4.78 is 27.0. The molecule has 18 heavy (non-hydrogen) atoms. The largest absolute Gasteiger partial charge is 0.362 e. The van der Waals surface area contributed by atoms with E-state index in [1.807, 2.05) is 4.90 Å². The van der Waals surface area contributed by atoms with Gasteiger partial charge in [0.25, 0.3) is 0 Å². The number of nitrogens with zero attached hydrogens (tertiary/aromatic N) is 1. The molecule has 1 aliphatic heterocycles. The molecule has 1 fully saturated rings. The molecule has 1 saturated heterocycles. The molecular weight excluding hydrogens is 258 g/mol. The minimum atomic E-state index is -0.641. The van der Waals surface area contributed by atoms with Crippen LogP contribution in [0, 0.1) is 17.6 Å². The third kappa shape index (κ3) is 2.59. The molecule has 5 heteroatoms. The van der Waals surface area contributed by atoms with Gasteiger partial charge in [-0.05, 0) is 12.0 Å². The number of benzene rings is 1. The fourth-order valence-corrected chi connectivity index (χ4v) is 2.71. The first-order chi connectivity index (χ1) is 8.50. The molecule has 0 saturated carbocycles. The van der Waals surface area contributed by atoms with E-state index in [0.29, 0.717) is 18.2 Å². The fraction of sp³-hybridized carbons (Fsp3) is 0.538. The number of nitrogens with one attached hydrogen (secondary N) is 1. The zero-order chi connectivity index (χ0) is 13.3. The Hall–Kier alpha value is -0.870. The zero-order valence-corrected chi connectivity index (χ0v) is 11.3. The summed E-state index contributed by atoms with van der Waals surface area (Å²) in [4.78, 5) is 1.94. The Kier molecular flexibility index (Phi) is 4.07. The van der Waals surface area contributed by atoms with Gasteiger partial charge >= 0.3 is 0 Å². The lowest BCUT2D eigenvalue weighted by atomic mass is 9.99. The molecule has 2 rings (SSSR count). The van der Waals surface area contributed by atoms with Crippen LogP contribution in [0.3, 0.4) is 0 Å². The lowest BCUT2D eigenvalue weighted by Crippen LogP contribution is -2.54. The van der Waals surface area contributed by atoms with Crippen LogP contribution in [0.15, 0.2) is 12.1 Å². The maximum Gasteiger partial charge on any atom is 0.150 e. The second-order valence-corrected chi connectivity index (χ2v) is 5.33. The van der Waals surface area contributed by atoms with Crippen LogP contribution in [-0.2, 0) is 0 Å². The Bertz CT molecular complexity index is 414. The molecule has 1 N–H and O–H groups in total. The Morgan fingerprint density at radius 1 is 1.39 bits per heavy atom. The highest BCUT2D eigenvalue weighted by Crippen LogP contribution is 2.33. The monoisotopic (exact) mass is 274 g/mol. The van der Waals surface area contributed by atoms with Crippen molar-refractivity contribution in [2.45, 2.75) is 19.9 Å². The van der Waals surface area contributed by atoms with Gasteiger partial charge in [-0.15, -0.1) is 0 Å². The second kappa shape index (κ2) is 5.41. The normalized spacial score (nSPS) is 20.6. The van der Waals surface area contributed by atoms with Crippen LogP contribution in [0.5, 0.6) is 0 Å². The van der Waals surface area contributed by atoms with E-state index < -0.39 is 11.6 Å². The van der Waals surface area contributed by atoms with Gasteiger partial charge in [0.05, 0.1) is 10.7 Å². The van der Waals surface area contributed by atoms with E-state index in [1.165, 1.54) is 6.07 Å². The molecule has 1 atom stereocenters. The zero-order valence-electron chi connectivity index (χ0n) is 10.5. The van der Waals surface area contributed by atoms with Gasteiger partial charge in [0, 0.05) is 31.7 Å². The van der Waals surface area contributed by atoms with Crippen molar-refractivity contribution in [3.63, 3.8) is 0 Å². The summed E-state index contributed by atoms with van der Waals surface area (Å²) in [7, 11) is 0. The molecule has 2 nitrogen and oxygen atoms in total. The van der Waals surface area contributed by atoms with Crippen LogP contribution >= 0.6 is 11.6 Å². The second-order valence-electron chi connectivity index (χ2n) is 4.93. The van der Waals surface area contributed by atoms with Crippen LogP contribution in [0.4, 0.5) is 14.5 Å². The van der Waals surface area contributed by atoms with E-state index in [4.69, 9.17) is 11.6 Å². The lowest BCUT2D eigenvalue weighted by molar-refractivity contribution is 0.386. The molecule has 0 aromatic heterocycles. The summed E-state index contributed by atoms with van der Waals surface area (Å²) in [5.41, 5.74) is 0.318. The molecule has 0 amide bonds. The van der Waals surface area contributed by atoms with Crippen LogP contribution in [0.1, 0.15) is 13.8 Å². The summed E-state index contributed by atoms with van der Waals surface area (Å²) in [6.45, 7) is 6.40. The molecular formula is C13H17ClF2N2. The molecule has 1 aromatic rings. The molecule has 0 bridgehead atoms. The Morgan fingerprint density at radius 2 is 2.11 bits per heavy atom. The predicted octanol–water partition coefficient (Wildman–Crippen LogP) is 3.05. The quantitative estimate of drug-likeness (QED) is 0.892. The first-order valence-electron chi connectivity index (χ1n) is 6.12. The van der Waals surface area contributed by atoms with Gasteiger partial charge in [-0.3, -0.25) is 0 Å². The van der Waals surface area contributed by atoms with Gasteiger partial charge in [-0.2, -0.15) is 0 Å². The first kappa shape index (κ1) is 13.6. The van der Waals surface area contributed by atoms with E-state index in [2.05, 4.69) is 19.2 Å². The van der Waals surface area contributed by atoms with Crippen molar-refractivity contribution in [1.82, 2.24) is 5.32 Å². The highest BCUT2D eigenvalue weighted by Gasteiger charge is 2.28.